The van der Waals surface area contributed by atoms with Gasteiger partial charge in [-0.3, -0.25) is 4.79 Å². The van der Waals surface area contributed by atoms with Crippen LogP contribution in [0.5, 0.6) is 0 Å². The number of carbonyl (C=O) groups is 2. The van der Waals surface area contributed by atoms with Crippen molar-refractivity contribution in [3.8, 4) is 5.82 Å². The number of hydrogen-bond acceptors (Lipinski definition) is 5. The van der Waals surface area contributed by atoms with Crippen molar-refractivity contribution in [3.05, 3.63) is 48.4 Å². The minimum Gasteiger partial charge on any atom is -0.480 e. The number of amides is 1. The summed E-state index contributed by atoms with van der Waals surface area (Å²) >= 11 is 0. The van der Waals surface area contributed by atoms with Gasteiger partial charge in [-0.25, -0.2) is 14.5 Å². The van der Waals surface area contributed by atoms with Crippen molar-refractivity contribution in [3.63, 3.8) is 0 Å². The Kier molecular flexibility index (Phi) is 5.70. The Bertz CT molecular complexity index is 802. The molecule has 0 bridgehead atoms. The molecular formula is C15H14F3N5O3. The summed E-state index contributed by atoms with van der Waals surface area (Å²) in [5.41, 5.74) is -1.12. The van der Waals surface area contributed by atoms with Crippen molar-refractivity contribution in [2.45, 2.75) is 25.1 Å². The normalized spacial score (nSPS) is 12.4. The van der Waals surface area contributed by atoms with Crippen LogP contribution < -0.4 is 5.32 Å². The second kappa shape index (κ2) is 7.76. The Morgan fingerprint density at radius 2 is 2.12 bits per heavy atom. The van der Waals surface area contributed by atoms with Gasteiger partial charge in [0.25, 0.3) is 5.91 Å². The van der Waals surface area contributed by atoms with Crippen LogP contribution in [-0.4, -0.2) is 43.0 Å². The van der Waals surface area contributed by atoms with E-state index >= 15 is 0 Å². The summed E-state index contributed by atoms with van der Waals surface area (Å²) in [6, 6.07) is 0.762. The van der Waals surface area contributed by atoms with Gasteiger partial charge in [0.2, 0.25) is 0 Å². The average Bonchev–Trinajstić information content (AvgIpc) is 3.07. The van der Waals surface area contributed by atoms with Crippen LogP contribution in [0.3, 0.4) is 0 Å². The van der Waals surface area contributed by atoms with Gasteiger partial charge in [0.05, 0.1) is 11.8 Å². The van der Waals surface area contributed by atoms with Crippen molar-refractivity contribution in [2.75, 3.05) is 0 Å². The van der Waals surface area contributed by atoms with Crippen LogP contribution in [0.1, 0.15) is 28.9 Å². The van der Waals surface area contributed by atoms with Gasteiger partial charge in [-0.15, -0.1) is 11.7 Å². The lowest BCUT2D eigenvalue weighted by atomic mass is 10.1. The zero-order valence-electron chi connectivity index (χ0n) is 13.3. The van der Waals surface area contributed by atoms with Crippen molar-refractivity contribution < 1.29 is 27.9 Å². The second-order valence-electron chi connectivity index (χ2n) is 5.18. The number of hydrogen-bond donors (Lipinski definition) is 2. The summed E-state index contributed by atoms with van der Waals surface area (Å²) in [5, 5.41) is 18.6. The van der Waals surface area contributed by atoms with E-state index in [0.29, 0.717) is 12.6 Å². The third-order valence-electron chi connectivity index (χ3n) is 3.30. The van der Waals surface area contributed by atoms with Crippen LogP contribution in [0.25, 0.3) is 5.82 Å². The Hall–Kier alpha value is -3.24. The smallest absolute Gasteiger partial charge is 0.417 e. The lowest BCUT2D eigenvalue weighted by molar-refractivity contribution is -0.139. The predicted octanol–water partition coefficient (Wildman–Crippen LogP) is 1.83. The van der Waals surface area contributed by atoms with E-state index in [1.165, 1.54) is 6.08 Å². The first-order valence-electron chi connectivity index (χ1n) is 7.33. The van der Waals surface area contributed by atoms with E-state index in [9.17, 15) is 22.8 Å². The number of carbonyl (C=O) groups excluding carboxylic acids is 1. The largest absolute Gasteiger partial charge is 0.480 e. The number of alkyl halides is 3. The van der Waals surface area contributed by atoms with Crippen LogP contribution in [0.2, 0.25) is 0 Å². The maximum absolute atomic E-state index is 12.5. The Balaban J connectivity index is 2.12. The third-order valence-corrected chi connectivity index (χ3v) is 3.30. The van der Waals surface area contributed by atoms with Gasteiger partial charge in [-0.1, -0.05) is 11.3 Å². The summed E-state index contributed by atoms with van der Waals surface area (Å²) < 4.78 is 38.6. The Morgan fingerprint density at radius 3 is 2.65 bits per heavy atom. The summed E-state index contributed by atoms with van der Waals surface area (Å²) in [6.07, 6.45) is -0.687. The van der Waals surface area contributed by atoms with Crippen LogP contribution in [0, 0.1) is 0 Å². The van der Waals surface area contributed by atoms with E-state index in [1.54, 1.807) is 0 Å². The van der Waals surface area contributed by atoms with Gasteiger partial charge in [0.15, 0.2) is 11.5 Å². The van der Waals surface area contributed by atoms with Crippen molar-refractivity contribution >= 4 is 11.9 Å². The molecule has 0 saturated carbocycles. The SMILES string of the molecule is C=CCCC(NC(=O)c1cn(-c2ccc(C(F)(F)F)cn2)nn1)C(=O)O. The first-order chi connectivity index (χ1) is 12.2. The van der Waals surface area contributed by atoms with Crippen LogP contribution >= 0.6 is 0 Å². The van der Waals surface area contributed by atoms with E-state index in [4.69, 9.17) is 5.11 Å². The molecule has 0 aliphatic carbocycles. The third kappa shape index (κ3) is 4.65. The summed E-state index contributed by atoms with van der Waals surface area (Å²) in [6.45, 7) is 3.48. The van der Waals surface area contributed by atoms with Crippen molar-refractivity contribution in [1.29, 1.82) is 0 Å². The maximum atomic E-state index is 12.5. The number of aliphatic carboxylic acids is 1. The number of carboxylic acid groups (broad SMARTS) is 1. The van der Waals surface area contributed by atoms with Crippen molar-refractivity contribution in [2.24, 2.45) is 0 Å². The monoisotopic (exact) mass is 369 g/mol. The quantitative estimate of drug-likeness (QED) is 0.721. The van der Waals surface area contributed by atoms with Gasteiger partial charge in [-0.2, -0.15) is 13.2 Å². The Labute approximate surface area is 145 Å². The number of aromatic nitrogens is 4. The molecule has 2 heterocycles. The highest BCUT2D eigenvalue weighted by atomic mass is 19.4. The molecule has 2 rings (SSSR count). The molecule has 0 radical (unpaired) electrons. The van der Waals surface area contributed by atoms with E-state index in [0.717, 1.165) is 23.0 Å². The molecule has 2 aromatic heterocycles. The molecule has 8 nitrogen and oxygen atoms in total. The molecule has 0 saturated heterocycles. The van der Waals surface area contributed by atoms with Crippen LogP contribution in [-0.2, 0) is 11.0 Å². The maximum Gasteiger partial charge on any atom is 0.417 e. The average molecular weight is 369 g/mol. The predicted molar refractivity (Wildman–Crippen MR) is 82.5 cm³/mol. The number of nitrogens with zero attached hydrogens (tertiary/aromatic N) is 4. The van der Waals surface area contributed by atoms with E-state index in [-0.39, 0.29) is 17.9 Å². The molecule has 0 aliphatic rings. The second-order valence-corrected chi connectivity index (χ2v) is 5.18. The van der Waals surface area contributed by atoms with Crippen LogP contribution in [0.15, 0.2) is 37.2 Å². The van der Waals surface area contributed by atoms with Gasteiger partial charge >= 0.3 is 12.1 Å². The zero-order valence-corrected chi connectivity index (χ0v) is 13.3. The molecule has 1 atom stereocenters. The minimum atomic E-state index is -4.52. The number of carboxylic acids is 1. The molecular weight excluding hydrogens is 355 g/mol. The molecule has 0 aromatic carbocycles. The topological polar surface area (TPSA) is 110 Å². The molecule has 0 aliphatic heterocycles. The zero-order chi connectivity index (χ0) is 19.3. The molecule has 1 amide bonds. The molecule has 1 unspecified atom stereocenters. The highest BCUT2D eigenvalue weighted by molar-refractivity contribution is 5.94. The lowest BCUT2D eigenvalue weighted by Gasteiger charge is -2.12. The van der Waals surface area contributed by atoms with Gasteiger partial charge < -0.3 is 10.4 Å². The standard InChI is InChI=1S/C15H14F3N5O3/c1-2-3-4-10(14(25)26)20-13(24)11-8-23(22-21-11)12-6-5-9(7-19-12)15(16,17)18/h2,5-8,10H,1,3-4H2,(H,20,24)(H,25,26). The number of pyridine rings is 1. The molecule has 2 aromatic rings. The molecule has 0 fully saturated rings. The first-order valence-corrected chi connectivity index (χ1v) is 7.33. The molecule has 0 spiro atoms. The fourth-order valence-electron chi connectivity index (χ4n) is 1.94. The number of allylic oxidation sites excluding steroid dienone is 1. The molecule has 138 valence electrons. The molecule has 2 N–H and O–H groups in total. The van der Waals surface area contributed by atoms with Crippen molar-refractivity contribution in [1.82, 2.24) is 25.3 Å². The number of nitrogens with one attached hydrogen (secondary N) is 1. The lowest BCUT2D eigenvalue weighted by Crippen LogP contribution is -2.40. The fraction of sp³-hybridized carbons (Fsp3) is 0.267. The van der Waals surface area contributed by atoms with Gasteiger partial charge in [0.1, 0.15) is 6.04 Å². The fourth-order valence-corrected chi connectivity index (χ4v) is 1.94. The highest BCUT2D eigenvalue weighted by Crippen LogP contribution is 2.28. The number of rotatable bonds is 7. The Morgan fingerprint density at radius 1 is 1.38 bits per heavy atom. The molecule has 11 heteroatoms. The molecule has 26 heavy (non-hydrogen) atoms. The minimum absolute atomic E-state index is 0.0194. The first kappa shape index (κ1) is 19.1. The summed E-state index contributed by atoms with van der Waals surface area (Å²) in [4.78, 5) is 26.8. The van der Waals surface area contributed by atoms with Crippen LogP contribution in [0.4, 0.5) is 13.2 Å². The van der Waals surface area contributed by atoms with E-state index in [2.05, 4.69) is 27.2 Å². The highest BCUT2D eigenvalue weighted by Gasteiger charge is 2.30. The number of halogens is 3. The summed E-state index contributed by atoms with van der Waals surface area (Å²) in [7, 11) is 0. The van der Waals surface area contributed by atoms with E-state index in [1.807, 2.05) is 0 Å². The van der Waals surface area contributed by atoms with Gasteiger partial charge in [-0.05, 0) is 25.0 Å². The van der Waals surface area contributed by atoms with Gasteiger partial charge in [0, 0.05) is 6.20 Å². The van der Waals surface area contributed by atoms with E-state index < -0.39 is 29.7 Å². The summed E-state index contributed by atoms with van der Waals surface area (Å²) in [5.74, 6) is -1.97.